The molecular weight excluding hydrogens is 376 g/mol. The molecule has 0 spiro atoms. The van der Waals surface area contributed by atoms with Crippen molar-refractivity contribution in [2.24, 2.45) is 0 Å². The first-order chi connectivity index (χ1) is 11.8. The number of nitrogens with one attached hydrogen (secondary N) is 1. The number of hydrogen-bond acceptors (Lipinski definition) is 6. The van der Waals surface area contributed by atoms with E-state index < -0.39 is 0 Å². The number of nitrogens with zero attached hydrogens (tertiary/aromatic N) is 5. The van der Waals surface area contributed by atoms with Gasteiger partial charge in [-0.15, -0.1) is 23.7 Å². The van der Waals surface area contributed by atoms with Gasteiger partial charge in [-0.2, -0.15) is 16.9 Å². The van der Waals surface area contributed by atoms with Crippen LogP contribution in [0.25, 0.3) is 11.5 Å². The Labute approximate surface area is 161 Å². The monoisotopic (exact) mass is 396 g/mol. The van der Waals surface area contributed by atoms with Crippen LogP contribution in [0.1, 0.15) is 22.8 Å². The largest absolute Gasteiger partial charge is 0.324 e. The number of hydrogen-bond donors (Lipinski definition) is 1. The summed E-state index contributed by atoms with van der Waals surface area (Å²) in [5.74, 6) is 1.89. The molecule has 0 saturated heterocycles. The Bertz CT molecular complexity index is 801. The molecule has 0 unspecified atom stereocenters. The second-order valence-electron chi connectivity index (χ2n) is 5.82. The average molecular weight is 397 g/mol. The van der Waals surface area contributed by atoms with Crippen LogP contribution in [0.15, 0.2) is 23.8 Å². The fourth-order valence-corrected chi connectivity index (χ4v) is 4.43. The van der Waals surface area contributed by atoms with Gasteiger partial charge in [-0.05, 0) is 25.3 Å². The topological polar surface area (TPSA) is 60.6 Å². The first kappa shape index (κ1) is 18.4. The quantitative estimate of drug-likeness (QED) is 0.718. The summed E-state index contributed by atoms with van der Waals surface area (Å²) in [6.45, 7) is 3.63. The van der Waals surface area contributed by atoms with E-state index in [9.17, 15) is 0 Å². The molecule has 4 heterocycles. The van der Waals surface area contributed by atoms with Gasteiger partial charge in [0.05, 0.1) is 17.9 Å². The molecule has 25 heavy (non-hydrogen) atoms. The van der Waals surface area contributed by atoms with Gasteiger partial charge < -0.3 is 9.88 Å². The molecule has 0 aliphatic carbocycles. The first-order valence-electron chi connectivity index (χ1n) is 8.04. The molecule has 6 nitrogen and oxygen atoms in total. The zero-order chi connectivity index (χ0) is 16.4. The fourth-order valence-electron chi connectivity index (χ4n) is 2.93. The predicted molar refractivity (Wildman–Crippen MR) is 105 cm³/mol. The molecule has 0 aromatic carbocycles. The number of thioether (sulfide) groups is 1. The van der Waals surface area contributed by atoms with E-state index in [4.69, 9.17) is 10.1 Å². The van der Waals surface area contributed by atoms with Crippen molar-refractivity contribution in [3.8, 4) is 11.5 Å². The van der Waals surface area contributed by atoms with Gasteiger partial charge in [-0.3, -0.25) is 4.68 Å². The molecule has 3 aromatic heterocycles. The second-order valence-corrected chi connectivity index (χ2v) is 7.63. The highest BCUT2D eigenvalue weighted by Gasteiger charge is 2.16. The van der Waals surface area contributed by atoms with Crippen LogP contribution in [0.4, 0.5) is 0 Å². The van der Waals surface area contributed by atoms with E-state index in [-0.39, 0.29) is 12.4 Å². The van der Waals surface area contributed by atoms with Crippen molar-refractivity contribution in [1.29, 1.82) is 0 Å². The standard InChI is InChI=1S/C16H20N6S2.ClH/c1-23-11-15-19-12(10-24-15)9-21-6-4-18-16(21)14-7-13-8-17-3-2-5-22(13)20-14;/h4,6-7,10,17H,2-3,5,8-9,11H2,1H3;1H. The Kier molecular flexibility index (Phi) is 6.16. The van der Waals surface area contributed by atoms with Crippen LogP contribution in [0.5, 0.6) is 0 Å². The molecule has 0 bridgehead atoms. The molecule has 0 amide bonds. The van der Waals surface area contributed by atoms with Gasteiger partial charge in [0.25, 0.3) is 0 Å². The van der Waals surface area contributed by atoms with E-state index in [1.165, 1.54) is 10.7 Å². The highest BCUT2D eigenvalue weighted by molar-refractivity contribution is 7.97. The van der Waals surface area contributed by atoms with E-state index in [2.05, 4.69) is 37.3 Å². The minimum Gasteiger partial charge on any atom is -0.324 e. The van der Waals surface area contributed by atoms with Crippen molar-refractivity contribution >= 4 is 35.5 Å². The molecule has 1 N–H and O–H groups in total. The normalized spacial score (nSPS) is 14.0. The maximum atomic E-state index is 4.76. The summed E-state index contributed by atoms with van der Waals surface area (Å²) < 4.78 is 4.24. The summed E-state index contributed by atoms with van der Waals surface area (Å²) in [5, 5.41) is 11.5. The summed E-state index contributed by atoms with van der Waals surface area (Å²) in [6.07, 6.45) is 7.06. The summed E-state index contributed by atoms with van der Waals surface area (Å²) in [4.78, 5) is 9.23. The van der Waals surface area contributed by atoms with E-state index in [1.807, 2.05) is 12.4 Å². The van der Waals surface area contributed by atoms with E-state index in [0.29, 0.717) is 0 Å². The summed E-state index contributed by atoms with van der Waals surface area (Å²) in [5.41, 5.74) is 3.26. The molecule has 4 rings (SSSR count). The van der Waals surface area contributed by atoms with Gasteiger partial charge in [0.15, 0.2) is 5.82 Å². The molecule has 3 aromatic rings. The summed E-state index contributed by atoms with van der Waals surface area (Å²) >= 11 is 3.53. The van der Waals surface area contributed by atoms with Crippen LogP contribution in [-0.2, 0) is 25.4 Å². The van der Waals surface area contributed by atoms with Crippen LogP contribution < -0.4 is 5.32 Å². The maximum absolute atomic E-state index is 4.76. The maximum Gasteiger partial charge on any atom is 0.160 e. The molecule has 1 aliphatic heterocycles. The number of aromatic nitrogens is 5. The molecular formula is C16H21ClN6S2. The molecule has 0 fully saturated rings. The minimum absolute atomic E-state index is 0. The molecule has 9 heteroatoms. The third-order valence-corrected chi connectivity index (χ3v) is 5.68. The number of halogens is 1. The van der Waals surface area contributed by atoms with Crippen LogP contribution in [0.3, 0.4) is 0 Å². The molecule has 0 atom stereocenters. The third-order valence-electron chi connectivity index (χ3n) is 4.04. The first-order valence-corrected chi connectivity index (χ1v) is 10.3. The molecule has 134 valence electrons. The SMILES string of the molecule is CSCc1nc(Cn2ccnc2-c2cc3n(n2)CCCNC3)cs1.Cl. The number of rotatable bonds is 5. The van der Waals surface area contributed by atoms with Crippen molar-refractivity contribution in [2.45, 2.75) is 31.8 Å². The van der Waals surface area contributed by atoms with Crippen LogP contribution in [0, 0.1) is 0 Å². The number of imidazole rings is 1. The minimum atomic E-state index is 0. The third kappa shape index (κ3) is 4.08. The lowest BCUT2D eigenvalue weighted by Gasteiger charge is -2.04. The van der Waals surface area contributed by atoms with Gasteiger partial charge >= 0.3 is 0 Å². The Morgan fingerprint density at radius 3 is 3.20 bits per heavy atom. The highest BCUT2D eigenvalue weighted by atomic mass is 35.5. The number of aryl methyl sites for hydroxylation is 1. The highest BCUT2D eigenvalue weighted by Crippen LogP contribution is 2.21. The van der Waals surface area contributed by atoms with Gasteiger partial charge in [0, 0.05) is 36.6 Å². The zero-order valence-corrected chi connectivity index (χ0v) is 16.5. The van der Waals surface area contributed by atoms with Crippen molar-refractivity contribution < 1.29 is 0 Å². The van der Waals surface area contributed by atoms with Crippen LogP contribution in [0.2, 0.25) is 0 Å². The number of fused-ring (bicyclic) bond motifs is 1. The lowest BCUT2D eigenvalue weighted by atomic mass is 10.3. The summed E-state index contributed by atoms with van der Waals surface area (Å²) in [6, 6.07) is 2.15. The van der Waals surface area contributed by atoms with Gasteiger partial charge in [-0.1, -0.05) is 0 Å². The Balaban J connectivity index is 0.00000182. The average Bonchev–Trinajstić information content (AvgIpc) is 3.27. The predicted octanol–water partition coefficient (Wildman–Crippen LogP) is 3.03. The van der Waals surface area contributed by atoms with E-state index in [1.54, 1.807) is 23.1 Å². The van der Waals surface area contributed by atoms with Crippen LogP contribution in [-0.4, -0.2) is 37.1 Å². The Morgan fingerprint density at radius 2 is 2.32 bits per heavy atom. The molecule has 0 radical (unpaired) electrons. The van der Waals surface area contributed by atoms with E-state index in [0.717, 1.165) is 55.6 Å². The van der Waals surface area contributed by atoms with Crippen molar-refractivity contribution in [1.82, 2.24) is 29.6 Å². The van der Waals surface area contributed by atoms with Crippen molar-refractivity contribution in [2.75, 3.05) is 12.8 Å². The smallest absolute Gasteiger partial charge is 0.160 e. The van der Waals surface area contributed by atoms with Crippen molar-refractivity contribution in [3.05, 3.63) is 40.2 Å². The Morgan fingerprint density at radius 1 is 1.40 bits per heavy atom. The van der Waals surface area contributed by atoms with Gasteiger partial charge in [0.2, 0.25) is 0 Å². The van der Waals surface area contributed by atoms with Gasteiger partial charge in [-0.25, -0.2) is 9.97 Å². The lowest BCUT2D eigenvalue weighted by molar-refractivity contribution is 0.587. The van der Waals surface area contributed by atoms with E-state index >= 15 is 0 Å². The number of thiazole rings is 1. The van der Waals surface area contributed by atoms with Crippen molar-refractivity contribution in [3.63, 3.8) is 0 Å². The molecule has 1 aliphatic rings. The Hall–Kier alpha value is -1.35. The fraction of sp³-hybridized carbons (Fsp3) is 0.438. The second kappa shape index (κ2) is 8.35. The zero-order valence-electron chi connectivity index (χ0n) is 14.0. The van der Waals surface area contributed by atoms with Gasteiger partial charge in [0.1, 0.15) is 10.7 Å². The van der Waals surface area contributed by atoms with Crippen LogP contribution >= 0.6 is 35.5 Å². The lowest BCUT2D eigenvalue weighted by Crippen LogP contribution is -2.11. The molecule has 0 saturated carbocycles. The summed E-state index contributed by atoms with van der Waals surface area (Å²) in [7, 11) is 0.